The van der Waals surface area contributed by atoms with Gasteiger partial charge in [-0.3, -0.25) is 0 Å². The number of rotatable bonds is 3. The second kappa shape index (κ2) is 3.82. The summed E-state index contributed by atoms with van der Waals surface area (Å²) >= 11 is 0. The van der Waals surface area contributed by atoms with Gasteiger partial charge in [0, 0.05) is 25.2 Å². The fourth-order valence-electron chi connectivity index (χ4n) is 1.72. The zero-order valence-electron chi connectivity index (χ0n) is 8.23. The van der Waals surface area contributed by atoms with E-state index in [4.69, 9.17) is 10.5 Å². The first-order valence-corrected chi connectivity index (χ1v) is 4.62. The van der Waals surface area contributed by atoms with E-state index in [1.807, 2.05) is 12.3 Å². The van der Waals surface area contributed by atoms with Crippen LogP contribution in [0, 0.1) is 0 Å². The summed E-state index contributed by atoms with van der Waals surface area (Å²) in [5.74, 6) is 0. The molecule has 0 fully saturated rings. The molecule has 0 unspecified atom stereocenters. The highest BCUT2D eigenvalue weighted by Gasteiger charge is 2.03. The van der Waals surface area contributed by atoms with E-state index in [9.17, 15) is 0 Å². The van der Waals surface area contributed by atoms with E-state index in [1.54, 1.807) is 7.11 Å². The van der Waals surface area contributed by atoms with Crippen LogP contribution in [0.25, 0.3) is 10.9 Å². The molecule has 1 aromatic carbocycles. The normalized spacial score (nSPS) is 11.0. The van der Waals surface area contributed by atoms with Gasteiger partial charge >= 0.3 is 0 Å². The van der Waals surface area contributed by atoms with E-state index in [-0.39, 0.29) is 0 Å². The van der Waals surface area contributed by atoms with Gasteiger partial charge in [-0.1, -0.05) is 12.1 Å². The zero-order chi connectivity index (χ0) is 9.97. The summed E-state index contributed by atoms with van der Waals surface area (Å²) in [6.07, 6.45) is 2.02. The minimum Gasteiger partial charge on any atom is -0.364 e. The molecule has 3 nitrogen and oxygen atoms in total. The first kappa shape index (κ1) is 9.24. The summed E-state index contributed by atoms with van der Waals surface area (Å²) in [6.45, 7) is 1.16. The SMILES string of the molecule is COCn1ccc2c(CN)cccc21. The van der Waals surface area contributed by atoms with Crippen LogP contribution in [0.3, 0.4) is 0 Å². The Morgan fingerprint density at radius 3 is 2.93 bits per heavy atom. The fourth-order valence-corrected chi connectivity index (χ4v) is 1.72. The van der Waals surface area contributed by atoms with Crippen molar-refractivity contribution in [3.8, 4) is 0 Å². The van der Waals surface area contributed by atoms with E-state index in [2.05, 4.69) is 22.8 Å². The Morgan fingerprint density at radius 2 is 2.21 bits per heavy atom. The third-order valence-corrected chi connectivity index (χ3v) is 2.39. The van der Waals surface area contributed by atoms with Gasteiger partial charge in [0.2, 0.25) is 0 Å². The molecule has 0 radical (unpaired) electrons. The molecule has 0 spiro atoms. The van der Waals surface area contributed by atoms with Gasteiger partial charge in [-0.15, -0.1) is 0 Å². The molecule has 0 aliphatic heterocycles. The Balaban J connectivity index is 2.57. The highest BCUT2D eigenvalue weighted by Crippen LogP contribution is 2.19. The van der Waals surface area contributed by atoms with E-state index in [0.717, 1.165) is 0 Å². The number of fused-ring (bicyclic) bond motifs is 1. The number of nitrogens with two attached hydrogens (primary N) is 1. The summed E-state index contributed by atoms with van der Waals surface area (Å²) < 4.78 is 7.16. The fraction of sp³-hybridized carbons (Fsp3) is 0.273. The molecule has 14 heavy (non-hydrogen) atoms. The summed E-state index contributed by atoms with van der Waals surface area (Å²) in [6, 6.07) is 8.24. The molecule has 2 aromatic rings. The third-order valence-electron chi connectivity index (χ3n) is 2.39. The Labute approximate surface area is 83.1 Å². The van der Waals surface area contributed by atoms with Gasteiger partial charge in [-0.05, 0) is 17.7 Å². The number of methoxy groups -OCH3 is 1. The Morgan fingerprint density at radius 1 is 1.36 bits per heavy atom. The van der Waals surface area contributed by atoms with Gasteiger partial charge in [0.05, 0.1) is 5.52 Å². The van der Waals surface area contributed by atoms with Crippen molar-refractivity contribution in [2.45, 2.75) is 13.3 Å². The molecule has 3 heteroatoms. The van der Waals surface area contributed by atoms with Crippen molar-refractivity contribution >= 4 is 10.9 Å². The molecule has 0 bridgehead atoms. The third kappa shape index (κ3) is 1.41. The average Bonchev–Trinajstić information content (AvgIpc) is 2.62. The van der Waals surface area contributed by atoms with Crippen LogP contribution in [0.15, 0.2) is 30.5 Å². The molecule has 1 heterocycles. The molecule has 74 valence electrons. The number of aromatic nitrogens is 1. The van der Waals surface area contributed by atoms with Crippen molar-refractivity contribution in [1.29, 1.82) is 0 Å². The second-order valence-corrected chi connectivity index (χ2v) is 3.26. The highest BCUT2D eigenvalue weighted by molar-refractivity contribution is 5.83. The van der Waals surface area contributed by atoms with Gasteiger partial charge in [0.1, 0.15) is 6.73 Å². The molecule has 0 atom stereocenters. The molecular formula is C11H14N2O. The molecule has 0 saturated carbocycles. The highest BCUT2D eigenvalue weighted by atomic mass is 16.5. The van der Waals surface area contributed by atoms with Gasteiger partial charge in [-0.25, -0.2) is 0 Å². The maximum Gasteiger partial charge on any atom is 0.122 e. The van der Waals surface area contributed by atoms with Crippen molar-refractivity contribution < 1.29 is 4.74 Å². The first-order chi connectivity index (χ1) is 6.86. The topological polar surface area (TPSA) is 40.2 Å². The van der Waals surface area contributed by atoms with Crippen LogP contribution < -0.4 is 5.73 Å². The summed E-state index contributed by atoms with van der Waals surface area (Å²) in [5.41, 5.74) is 8.01. The lowest BCUT2D eigenvalue weighted by Crippen LogP contribution is -1.99. The quantitative estimate of drug-likeness (QED) is 0.800. The Hall–Kier alpha value is -1.32. The van der Waals surface area contributed by atoms with Crippen LogP contribution in [-0.4, -0.2) is 11.7 Å². The molecular weight excluding hydrogens is 176 g/mol. The lowest BCUT2D eigenvalue weighted by atomic mass is 10.1. The van der Waals surface area contributed by atoms with Crippen LogP contribution >= 0.6 is 0 Å². The first-order valence-electron chi connectivity index (χ1n) is 4.62. The molecule has 1 aromatic heterocycles. The van der Waals surface area contributed by atoms with Crippen LogP contribution in [0.5, 0.6) is 0 Å². The molecule has 0 amide bonds. The van der Waals surface area contributed by atoms with Crippen molar-refractivity contribution in [2.75, 3.05) is 7.11 Å². The molecule has 2 rings (SSSR count). The van der Waals surface area contributed by atoms with Crippen molar-refractivity contribution in [1.82, 2.24) is 4.57 Å². The summed E-state index contributed by atoms with van der Waals surface area (Å²) in [4.78, 5) is 0. The molecule has 0 saturated heterocycles. The standard InChI is InChI=1S/C11H14N2O/c1-14-8-13-6-5-10-9(7-12)3-2-4-11(10)13/h2-6H,7-8,12H2,1H3. The van der Waals surface area contributed by atoms with Gasteiger partial charge < -0.3 is 15.0 Å². The lowest BCUT2D eigenvalue weighted by Gasteiger charge is -2.04. The second-order valence-electron chi connectivity index (χ2n) is 3.26. The van der Waals surface area contributed by atoms with Gasteiger partial charge in [-0.2, -0.15) is 0 Å². The largest absolute Gasteiger partial charge is 0.364 e. The van der Waals surface area contributed by atoms with Crippen molar-refractivity contribution in [3.63, 3.8) is 0 Å². The van der Waals surface area contributed by atoms with Crippen LogP contribution in [0.4, 0.5) is 0 Å². The molecule has 0 aliphatic rings. The van der Waals surface area contributed by atoms with Crippen molar-refractivity contribution in [2.24, 2.45) is 5.73 Å². The number of ether oxygens (including phenoxy) is 1. The maximum absolute atomic E-state index is 5.66. The van der Waals surface area contributed by atoms with E-state index < -0.39 is 0 Å². The number of nitrogens with zero attached hydrogens (tertiary/aromatic N) is 1. The van der Waals surface area contributed by atoms with Crippen LogP contribution in [0.1, 0.15) is 5.56 Å². The predicted octanol–water partition coefficient (Wildman–Crippen LogP) is 1.70. The Kier molecular flexibility index (Phi) is 2.52. The van der Waals surface area contributed by atoms with Crippen molar-refractivity contribution in [3.05, 3.63) is 36.0 Å². The van der Waals surface area contributed by atoms with Gasteiger partial charge in [0.15, 0.2) is 0 Å². The zero-order valence-corrected chi connectivity index (χ0v) is 8.23. The number of benzene rings is 1. The van der Waals surface area contributed by atoms with E-state index in [1.165, 1.54) is 16.5 Å². The predicted molar refractivity (Wildman–Crippen MR) is 56.8 cm³/mol. The number of hydrogen-bond donors (Lipinski definition) is 1. The summed E-state index contributed by atoms with van der Waals surface area (Å²) in [7, 11) is 1.69. The van der Waals surface area contributed by atoms with Crippen LogP contribution in [0.2, 0.25) is 0 Å². The maximum atomic E-state index is 5.66. The number of hydrogen-bond acceptors (Lipinski definition) is 2. The Bertz CT molecular complexity index is 434. The van der Waals surface area contributed by atoms with Crippen LogP contribution in [-0.2, 0) is 18.0 Å². The molecule has 0 aliphatic carbocycles. The molecule has 2 N–H and O–H groups in total. The average molecular weight is 190 g/mol. The smallest absolute Gasteiger partial charge is 0.122 e. The minimum atomic E-state index is 0.578. The monoisotopic (exact) mass is 190 g/mol. The van der Waals surface area contributed by atoms with E-state index >= 15 is 0 Å². The lowest BCUT2D eigenvalue weighted by molar-refractivity contribution is 0.135. The minimum absolute atomic E-state index is 0.578. The van der Waals surface area contributed by atoms with Gasteiger partial charge in [0.25, 0.3) is 0 Å². The van der Waals surface area contributed by atoms with E-state index in [0.29, 0.717) is 13.3 Å². The summed E-state index contributed by atoms with van der Waals surface area (Å²) in [5, 5.41) is 1.21.